The molecule has 0 atom stereocenters. The maximum absolute atomic E-state index is 6.36. The molecule has 0 aromatic carbocycles. The Hall–Kier alpha value is -1.62. The zero-order chi connectivity index (χ0) is 18.8. The second-order valence-electron chi connectivity index (χ2n) is 7.17. The first kappa shape index (κ1) is 20.7. The highest BCUT2D eigenvalue weighted by molar-refractivity contribution is 5.53. The van der Waals surface area contributed by atoms with Crippen LogP contribution in [0.2, 0.25) is 0 Å². The van der Waals surface area contributed by atoms with Crippen molar-refractivity contribution in [1.29, 1.82) is 0 Å². The zero-order valence-electron chi connectivity index (χ0n) is 16.9. The molecule has 0 fully saturated rings. The molecular weight excluding hydrogens is 324 g/mol. The van der Waals surface area contributed by atoms with Gasteiger partial charge in [-0.2, -0.15) is 9.61 Å². The lowest BCUT2D eigenvalue weighted by Crippen LogP contribution is -2.10. The van der Waals surface area contributed by atoms with Crippen molar-refractivity contribution in [3.8, 4) is 0 Å². The SMILES string of the molecule is CCCCCCCCCOCCCc1c(CC)nc2cc(C)nn2c1N. The van der Waals surface area contributed by atoms with Crippen LogP contribution >= 0.6 is 0 Å². The lowest BCUT2D eigenvalue weighted by molar-refractivity contribution is 0.127. The van der Waals surface area contributed by atoms with Crippen LogP contribution in [0.25, 0.3) is 5.65 Å². The van der Waals surface area contributed by atoms with E-state index in [0.29, 0.717) is 0 Å². The van der Waals surface area contributed by atoms with E-state index in [9.17, 15) is 0 Å². The monoisotopic (exact) mass is 360 g/mol. The Bertz CT molecular complexity index is 666. The van der Waals surface area contributed by atoms with E-state index < -0.39 is 0 Å². The molecule has 2 heterocycles. The summed E-state index contributed by atoms with van der Waals surface area (Å²) in [6.07, 6.45) is 12.0. The van der Waals surface area contributed by atoms with Gasteiger partial charge < -0.3 is 10.5 Å². The number of rotatable bonds is 13. The van der Waals surface area contributed by atoms with Gasteiger partial charge in [0.15, 0.2) is 5.65 Å². The Morgan fingerprint density at radius 2 is 1.69 bits per heavy atom. The van der Waals surface area contributed by atoms with Crippen molar-refractivity contribution in [1.82, 2.24) is 14.6 Å². The molecule has 0 radical (unpaired) electrons. The minimum Gasteiger partial charge on any atom is -0.383 e. The highest BCUT2D eigenvalue weighted by atomic mass is 16.5. The molecule has 2 rings (SSSR count). The van der Waals surface area contributed by atoms with Crippen molar-refractivity contribution >= 4 is 11.5 Å². The van der Waals surface area contributed by atoms with E-state index in [1.165, 1.54) is 44.9 Å². The Morgan fingerprint density at radius 1 is 1.00 bits per heavy atom. The largest absolute Gasteiger partial charge is 0.383 e. The number of hydrogen-bond acceptors (Lipinski definition) is 4. The fraction of sp³-hybridized carbons (Fsp3) is 0.714. The van der Waals surface area contributed by atoms with Gasteiger partial charge in [-0.15, -0.1) is 0 Å². The third-order valence-corrected chi connectivity index (χ3v) is 4.89. The summed E-state index contributed by atoms with van der Waals surface area (Å²) in [4.78, 5) is 4.72. The van der Waals surface area contributed by atoms with Crippen molar-refractivity contribution in [2.24, 2.45) is 0 Å². The number of nitrogen functional groups attached to an aromatic ring is 1. The molecule has 0 unspecified atom stereocenters. The highest BCUT2D eigenvalue weighted by Gasteiger charge is 2.13. The molecule has 0 amide bonds. The Kier molecular flexibility index (Phi) is 8.89. The number of fused-ring (bicyclic) bond motifs is 1. The van der Waals surface area contributed by atoms with Gasteiger partial charge in [0.25, 0.3) is 0 Å². The molecule has 0 bridgehead atoms. The molecule has 0 aliphatic rings. The first-order valence-electron chi connectivity index (χ1n) is 10.4. The fourth-order valence-electron chi connectivity index (χ4n) is 3.40. The third kappa shape index (κ3) is 5.97. The maximum Gasteiger partial charge on any atom is 0.157 e. The smallest absolute Gasteiger partial charge is 0.157 e. The van der Waals surface area contributed by atoms with Crippen molar-refractivity contribution in [2.75, 3.05) is 18.9 Å². The molecule has 0 aliphatic heterocycles. The molecule has 26 heavy (non-hydrogen) atoms. The lowest BCUT2D eigenvalue weighted by Gasteiger charge is -2.12. The minimum absolute atomic E-state index is 0.729. The summed E-state index contributed by atoms with van der Waals surface area (Å²) >= 11 is 0. The third-order valence-electron chi connectivity index (χ3n) is 4.89. The van der Waals surface area contributed by atoms with E-state index in [-0.39, 0.29) is 0 Å². The number of ether oxygens (including phenoxy) is 1. The van der Waals surface area contributed by atoms with Gasteiger partial charge in [-0.3, -0.25) is 0 Å². The fourth-order valence-corrected chi connectivity index (χ4v) is 3.40. The van der Waals surface area contributed by atoms with Crippen LogP contribution in [0.3, 0.4) is 0 Å². The Labute approximate surface area is 158 Å². The van der Waals surface area contributed by atoms with Crippen LogP contribution in [0.15, 0.2) is 6.07 Å². The van der Waals surface area contributed by atoms with E-state index in [2.05, 4.69) is 18.9 Å². The predicted octanol–water partition coefficient (Wildman–Crippen LogP) is 4.88. The molecule has 2 aromatic heterocycles. The van der Waals surface area contributed by atoms with Gasteiger partial charge in [-0.25, -0.2) is 4.98 Å². The van der Waals surface area contributed by atoms with Crippen LogP contribution in [0.1, 0.15) is 82.2 Å². The molecule has 0 aliphatic carbocycles. The summed E-state index contributed by atoms with van der Waals surface area (Å²) in [5.74, 6) is 0.729. The first-order valence-corrected chi connectivity index (χ1v) is 10.4. The summed E-state index contributed by atoms with van der Waals surface area (Å²) in [7, 11) is 0. The second-order valence-corrected chi connectivity index (χ2v) is 7.17. The topological polar surface area (TPSA) is 65.4 Å². The Balaban J connectivity index is 1.70. The van der Waals surface area contributed by atoms with Gasteiger partial charge in [0.2, 0.25) is 0 Å². The van der Waals surface area contributed by atoms with Crippen molar-refractivity contribution < 1.29 is 4.74 Å². The molecule has 2 N–H and O–H groups in total. The molecule has 2 aromatic rings. The second kappa shape index (κ2) is 11.2. The normalized spacial score (nSPS) is 11.5. The summed E-state index contributed by atoms with van der Waals surface area (Å²) in [6, 6.07) is 1.98. The number of unbranched alkanes of at least 4 members (excludes halogenated alkanes) is 6. The summed E-state index contributed by atoms with van der Waals surface area (Å²) in [5.41, 5.74) is 10.4. The van der Waals surface area contributed by atoms with Gasteiger partial charge in [0.1, 0.15) is 5.82 Å². The van der Waals surface area contributed by atoms with Crippen LogP contribution in [-0.2, 0) is 17.6 Å². The van der Waals surface area contributed by atoms with E-state index in [0.717, 1.165) is 60.9 Å². The van der Waals surface area contributed by atoms with Crippen molar-refractivity contribution in [2.45, 2.75) is 85.0 Å². The van der Waals surface area contributed by atoms with Crippen molar-refractivity contribution in [3.05, 3.63) is 23.0 Å². The number of aromatic nitrogens is 3. The summed E-state index contributed by atoms with van der Waals surface area (Å²) in [5, 5.41) is 4.45. The van der Waals surface area contributed by atoms with Gasteiger partial charge in [0.05, 0.1) is 5.69 Å². The summed E-state index contributed by atoms with van der Waals surface area (Å²) < 4.78 is 7.57. The first-order chi connectivity index (χ1) is 12.7. The molecule has 0 spiro atoms. The zero-order valence-corrected chi connectivity index (χ0v) is 16.9. The lowest BCUT2D eigenvalue weighted by atomic mass is 10.1. The highest BCUT2D eigenvalue weighted by Crippen LogP contribution is 2.20. The number of nitrogens with zero attached hydrogens (tertiary/aromatic N) is 3. The van der Waals surface area contributed by atoms with E-state index in [4.69, 9.17) is 15.5 Å². The van der Waals surface area contributed by atoms with Gasteiger partial charge in [0, 0.05) is 30.5 Å². The molecular formula is C21H36N4O. The average molecular weight is 361 g/mol. The van der Waals surface area contributed by atoms with Crippen LogP contribution in [-0.4, -0.2) is 27.8 Å². The van der Waals surface area contributed by atoms with Gasteiger partial charge >= 0.3 is 0 Å². The molecule has 0 saturated heterocycles. The van der Waals surface area contributed by atoms with E-state index in [1.54, 1.807) is 4.52 Å². The van der Waals surface area contributed by atoms with Gasteiger partial charge in [-0.1, -0.05) is 52.4 Å². The quantitative estimate of drug-likeness (QED) is 0.517. The van der Waals surface area contributed by atoms with E-state index >= 15 is 0 Å². The van der Waals surface area contributed by atoms with Gasteiger partial charge in [-0.05, 0) is 32.6 Å². The number of anilines is 1. The standard InChI is InChI=1S/C21H36N4O/c1-4-6-7-8-9-10-11-14-26-15-12-13-18-19(5-2)23-20-16-17(3)24-25(20)21(18)22/h16H,4-15,22H2,1-3H3. The van der Waals surface area contributed by atoms with Crippen molar-refractivity contribution in [3.63, 3.8) is 0 Å². The average Bonchev–Trinajstić information content (AvgIpc) is 3.01. The number of nitrogens with two attached hydrogens (primary N) is 1. The van der Waals surface area contributed by atoms with Crippen LogP contribution in [0.5, 0.6) is 0 Å². The van der Waals surface area contributed by atoms with Crippen LogP contribution in [0, 0.1) is 6.92 Å². The maximum atomic E-state index is 6.36. The minimum atomic E-state index is 0.729. The number of aryl methyl sites for hydroxylation is 2. The molecule has 0 saturated carbocycles. The van der Waals surface area contributed by atoms with E-state index in [1.807, 2.05) is 13.0 Å². The molecule has 146 valence electrons. The van der Waals surface area contributed by atoms with Crippen LogP contribution in [0.4, 0.5) is 5.82 Å². The summed E-state index contributed by atoms with van der Waals surface area (Å²) in [6.45, 7) is 8.02. The molecule has 5 heteroatoms. The predicted molar refractivity (Wildman–Crippen MR) is 109 cm³/mol. The van der Waals surface area contributed by atoms with Crippen LogP contribution < -0.4 is 5.73 Å². The molecule has 5 nitrogen and oxygen atoms in total. The Morgan fingerprint density at radius 3 is 2.42 bits per heavy atom. The number of hydrogen-bond donors (Lipinski definition) is 1.